The Labute approximate surface area is 152 Å². The summed E-state index contributed by atoms with van der Waals surface area (Å²) in [4.78, 5) is 13.1. The van der Waals surface area contributed by atoms with Crippen LogP contribution >= 0.6 is 0 Å². The Morgan fingerprint density at radius 3 is 2.62 bits per heavy atom. The Kier molecular flexibility index (Phi) is 5.53. The Morgan fingerprint density at radius 2 is 1.96 bits per heavy atom. The standard InChI is InChI=1S/C20H21FN4O/c1-13(23-11-15-4-5-19(26-3)18(21)10-15)17-12-24-20(25-14(17)2)16-6-8-22-9-7-16/h4-10,12-13,23H,11H2,1-3H3. The smallest absolute Gasteiger partial charge is 0.165 e. The molecule has 0 aliphatic heterocycles. The number of nitrogens with zero attached hydrogens (tertiary/aromatic N) is 3. The van der Waals surface area contributed by atoms with E-state index in [1.165, 1.54) is 13.2 Å². The molecule has 0 bridgehead atoms. The SMILES string of the molecule is COc1ccc(CNC(C)c2cnc(-c3ccncc3)nc2C)cc1F. The molecule has 0 radical (unpaired) electrons. The number of halogens is 1. The Balaban J connectivity index is 1.70. The Hall–Kier alpha value is -2.86. The van der Waals surface area contributed by atoms with Gasteiger partial charge in [0.1, 0.15) is 0 Å². The lowest BCUT2D eigenvalue weighted by Crippen LogP contribution is -2.20. The van der Waals surface area contributed by atoms with Crippen LogP contribution in [-0.4, -0.2) is 22.1 Å². The van der Waals surface area contributed by atoms with E-state index in [1.807, 2.05) is 38.2 Å². The topological polar surface area (TPSA) is 59.9 Å². The van der Waals surface area contributed by atoms with E-state index >= 15 is 0 Å². The van der Waals surface area contributed by atoms with Crippen LogP contribution in [0.1, 0.15) is 29.8 Å². The number of benzene rings is 1. The maximum atomic E-state index is 13.8. The average molecular weight is 352 g/mol. The summed E-state index contributed by atoms with van der Waals surface area (Å²) in [6.07, 6.45) is 5.28. The van der Waals surface area contributed by atoms with Gasteiger partial charge < -0.3 is 10.1 Å². The van der Waals surface area contributed by atoms with Gasteiger partial charge in [0.05, 0.1) is 7.11 Å². The molecule has 0 spiro atoms. The molecule has 0 saturated carbocycles. The number of rotatable bonds is 6. The molecule has 0 amide bonds. The van der Waals surface area contributed by atoms with E-state index in [-0.39, 0.29) is 17.6 Å². The van der Waals surface area contributed by atoms with Crippen molar-refractivity contribution < 1.29 is 9.13 Å². The first-order valence-electron chi connectivity index (χ1n) is 8.38. The van der Waals surface area contributed by atoms with E-state index in [0.717, 1.165) is 22.4 Å². The van der Waals surface area contributed by atoms with Gasteiger partial charge in [-0.15, -0.1) is 0 Å². The predicted octanol–water partition coefficient (Wildman–Crippen LogP) is 3.85. The summed E-state index contributed by atoms with van der Waals surface area (Å²) in [6, 6.07) is 8.76. The van der Waals surface area contributed by atoms with E-state index < -0.39 is 0 Å². The molecule has 0 saturated heterocycles. The highest BCUT2D eigenvalue weighted by Crippen LogP contribution is 2.21. The maximum Gasteiger partial charge on any atom is 0.165 e. The van der Waals surface area contributed by atoms with Gasteiger partial charge in [-0.3, -0.25) is 4.98 Å². The first-order chi connectivity index (χ1) is 12.6. The molecule has 26 heavy (non-hydrogen) atoms. The van der Waals surface area contributed by atoms with Crippen molar-refractivity contribution in [3.8, 4) is 17.1 Å². The molecule has 0 aliphatic carbocycles. The molecule has 1 unspecified atom stereocenters. The van der Waals surface area contributed by atoms with Crippen LogP contribution < -0.4 is 10.1 Å². The maximum absolute atomic E-state index is 13.8. The molecule has 0 aliphatic rings. The number of nitrogens with one attached hydrogen (secondary N) is 1. The van der Waals surface area contributed by atoms with Gasteiger partial charge in [0, 0.05) is 48.0 Å². The molecular weight excluding hydrogens is 331 g/mol. The molecule has 3 rings (SSSR count). The van der Waals surface area contributed by atoms with Crippen molar-refractivity contribution in [1.82, 2.24) is 20.3 Å². The van der Waals surface area contributed by atoms with Gasteiger partial charge in [-0.05, 0) is 43.7 Å². The number of aryl methyl sites for hydroxylation is 1. The van der Waals surface area contributed by atoms with Crippen LogP contribution in [0.3, 0.4) is 0 Å². The van der Waals surface area contributed by atoms with Crippen molar-refractivity contribution in [2.24, 2.45) is 0 Å². The third kappa shape index (κ3) is 4.03. The highest BCUT2D eigenvalue weighted by atomic mass is 19.1. The van der Waals surface area contributed by atoms with E-state index in [9.17, 15) is 4.39 Å². The first-order valence-corrected chi connectivity index (χ1v) is 8.38. The largest absolute Gasteiger partial charge is 0.494 e. The molecule has 3 aromatic rings. The van der Waals surface area contributed by atoms with E-state index in [2.05, 4.69) is 20.3 Å². The van der Waals surface area contributed by atoms with Gasteiger partial charge in [-0.2, -0.15) is 0 Å². The molecule has 2 aromatic heterocycles. The van der Waals surface area contributed by atoms with Gasteiger partial charge in [-0.1, -0.05) is 6.07 Å². The minimum atomic E-state index is -0.360. The summed E-state index contributed by atoms with van der Waals surface area (Å²) in [7, 11) is 1.46. The number of hydrogen-bond donors (Lipinski definition) is 1. The van der Waals surface area contributed by atoms with Crippen molar-refractivity contribution in [3.63, 3.8) is 0 Å². The van der Waals surface area contributed by atoms with Crippen LogP contribution in [0.4, 0.5) is 4.39 Å². The minimum absolute atomic E-state index is 0.0339. The molecule has 1 aromatic carbocycles. The third-order valence-corrected chi connectivity index (χ3v) is 4.25. The van der Waals surface area contributed by atoms with E-state index in [0.29, 0.717) is 12.4 Å². The molecule has 5 nitrogen and oxygen atoms in total. The summed E-state index contributed by atoms with van der Waals surface area (Å²) >= 11 is 0. The predicted molar refractivity (Wildman–Crippen MR) is 98.2 cm³/mol. The molecule has 1 atom stereocenters. The van der Waals surface area contributed by atoms with Crippen LogP contribution in [0, 0.1) is 12.7 Å². The zero-order valence-corrected chi connectivity index (χ0v) is 15.0. The van der Waals surface area contributed by atoms with Crippen molar-refractivity contribution in [2.75, 3.05) is 7.11 Å². The second-order valence-electron chi connectivity index (χ2n) is 6.04. The average Bonchev–Trinajstić information content (AvgIpc) is 2.67. The van der Waals surface area contributed by atoms with Crippen LogP contribution in [-0.2, 0) is 6.54 Å². The number of aromatic nitrogens is 3. The Bertz CT molecular complexity index is 886. The first kappa shape index (κ1) is 17.9. The highest BCUT2D eigenvalue weighted by Gasteiger charge is 2.12. The molecule has 2 heterocycles. The van der Waals surface area contributed by atoms with Gasteiger partial charge in [-0.25, -0.2) is 14.4 Å². The quantitative estimate of drug-likeness (QED) is 0.730. The normalized spacial score (nSPS) is 12.0. The van der Waals surface area contributed by atoms with Crippen LogP contribution in [0.2, 0.25) is 0 Å². The van der Waals surface area contributed by atoms with Crippen LogP contribution in [0.5, 0.6) is 5.75 Å². The number of methoxy groups -OCH3 is 1. The van der Waals surface area contributed by atoms with Gasteiger partial charge in [0.25, 0.3) is 0 Å². The summed E-state index contributed by atoms with van der Waals surface area (Å²) in [6.45, 7) is 4.54. The van der Waals surface area contributed by atoms with E-state index in [4.69, 9.17) is 4.74 Å². The summed E-state index contributed by atoms with van der Waals surface area (Å²) in [5.41, 5.74) is 3.70. The Morgan fingerprint density at radius 1 is 1.19 bits per heavy atom. The molecule has 0 fully saturated rings. The minimum Gasteiger partial charge on any atom is -0.494 e. The number of hydrogen-bond acceptors (Lipinski definition) is 5. The fraction of sp³-hybridized carbons (Fsp3) is 0.250. The summed E-state index contributed by atoms with van der Waals surface area (Å²) in [5, 5.41) is 3.38. The van der Waals surface area contributed by atoms with Crippen LogP contribution in [0.25, 0.3) is 11.4 Å². The van der Waals surface area contributed by atoms with Crippen molar-refractivity contribution in [3.05, 3.63) is 71.6 Å². The summed E-state index contributed by atoms with van der Waals surface area (Å²) < 4.78 is 18.7. The zero-order valence-electron chi connectivity index (χ0n) is 15.0. The second kappa shape index (κ2) is 8.01. The van der Waals surface area contributed by atoms with Crippen molar-refractivity contribution in [2.45, 2.75) is 26.4 Å². The van der Waals surface area contributed by atoms with Gasteiger partial charge >= 0.3 is 0 Å². The number of pyridine rings is 1. The third-order valence-electron chi connectivity index (χ3n) is 4.25. The van der Waals surface area contributed by atoms with Crippen LogP contribution in [0.15, 0.2) is 48.9 Å². The fourth-order valence-electron chi connectivity index (χ4n) is 2.74. The van der Waals surface area contributed by atoms with Gasteiger partial charge in [0.15, 0.2) is 17.4 Å². The zero-order chi connectivity index (χ0) is 18.5. The molecule has 1 N–H and O–H groups in total. The van der Waals surface area contributed by atoms with E-state index in [1.54, 1.807) is 18.5 Å². The lowest BCUT2D eigenvalue weighted by atomic mass is 10.1. The number of ether oxygens (including phenoxy) is 1. The lowest BCUT2D eigenvalue weighted by molar-refractivity contribution is 0.386. The fourth-order valence-corrected chi connectivity index (χ4v) is 2.74. The highest BCUT2D eigenvalue weighted by molar-refractivity contribution is 5.53. The second-order valence-corrected chi connectivity index (χ2v) is 6.04. The molecule has 6 heteroatoms. The molecular formula is C20H21FN4O. The molecule has 134 valence electrons. The summed E-state index contributed by atoms with van der Waals surface area (Å²) in [5.74, 6) is 0.566. The van der Waals surface area contributed by atoms with Crippen molar-refractivity contribution >= 4 is 0 Å². The van der Waals surface area contributed by atoms with Gasteiger partial charge in [0.2, 0.25) is 0 Å². The monoisotopic (exact) mass is 352 g/mol. The lowest BCUT2D eigenvalue weighted by Gasteiger charge is -2.16. The van der Waals surface area contributed by atoms with Crippen molar-refractivity contribution in [1.29, 1.82) is 0 Å².